The average molecular weight is 232 g/mol. The Morgan fingerprint density at radius 2 is 2.13 bits per heavy atom. The van der Waals surface area contributed by atoms with E-state index < -0.39 is 5.82 Å². The van der Waals surface area contributed by atoms with Gasteiger partial charge in [0.05, 0.1) is 17.3 Å². The molecule has 0 saturated heterocycles. The van der Waals surface area contributed by atoms with Crippen molar-refractivity contribution < 1.29 is 9.13 Å². The van der Waals surface area contributed by atoms with Gasteiger partial charge in [0, 0.05) is 6.07 Å². The number of nitrogens with two attached hydrogens (primary N) is 1. The van der Waals surface area contributed by atoms with E-state index >= 15 is 0 Å². The normalized spacial score (nSPS) is 10.3. The maximum atomic E-state index is 12.9. The Morgan fingerprint density at radius 3 is 2.80 bits per heavy atom. The molecular formula is C11H15ClFNO. The summed E-state index contributed by atoms with van der Waals surface area (Å²) in [6.07, 6.45) is 3.20. The third kappa shape index (κ3) is 3.59. The number of hydrogen-bond acceptors (Lipinski definition) is 2. The van der Waals surface area contributed by atoms with E-state index in [9.17, 15) is 4.39 Å². The third-order valence-corrected chi connectivity index (χ3v) is 2.35. The van der Waals surface area contributed by atoms with Gasteiger partial charge in [0.15, 0.2) is 0 Å². The molecule has 0 saturated carbocycles. The lowest BCUT2D eigenvalue weighted by Crippen LogP contribution is -1.99. The Balaban J connectivity index is 2.57. The van der Waals surface area contributed by atoms with Crippen LogP contribution < -0.4 is 10.5 Å². The van der Waals surface area contributed by atoms with E-state index in [0.717, 1.165) is 19.3 Å². The first-order chi connectivity index (χ1) is 7.15. The molecular weight excluding hydrogens is 217 g/mol. The first-order valence-corrected chi connectivity index (χ1v) is 5.40. The van der Waals surface area contributed by atoms with Gasteiger partial charge < -0.3 is 10.5 Å². The molecule has 15 heavy (non-hydrogen) atoms. The first-order valence-electron chi connectivity index (χ1n) is 5.02. The van der Waals surface area contributed by atoms with Gasteiger partial charge in [-0.2, -0.15) is 0 Å². The highest BCUT2D eigenvalue weighted by atomic mass is 35.5. The van der Waals surface area contributed by atoms with Crippen molar-refractivity contribution in [3.63, 3.8) is 0 Å². The average Bonchev–Trinajstić information content (AvgIpc) is 2.20. The maximum Gasteiger partial charge on any atom is 0.147 e. The number of rotatable bonds is 5. The summed E-state index contributed by atoms with van der Waals surface area (Å²) in [7, 11) is 0. The molecule has 0 aliphatic carbocycles. The standard InChI is InChI=1S/C11H15ClFNO/c1-2-3-4-5-15-11-7-10(14)9(13)6-8(11)12/h6-7H,2-5,14H2,1H3. The molecule has 1 rings (SSSR count). The van der Waals surface area contributed by atoms with E-state index in [1.807, 2.05) is 0 Å². The van der Waals surface area contributed by atoms with Gasteiger partial charge in [0.25, 0.3) is 0 Å². The molecule has 2 nitrogen and oxygen atoms in total. The van der Waals surface area contributed by atoms with E-state index in [-0.39, 0.29) is 10.7 Å². The summed E-state index contributed by atoms with van der Waals surface area (Å²) in [5.74, 6) is -0.0624. The molecule has 4 heteroatoms. The molecule has 0 heterocycles. The van der Waals surface area contributed by atoms with E-state index in [1.165, 1.54) is 12.1 Å². The molecule has 0 aliphatic rings. The van der Waals surface area contributed by atoms with Gasteiger partial charge in [-0.1, -0.05) is 31.4 Å². The molecule has 0 aliphatic heterocycles. The number of ether oxygens (including phenoxy) is 1. The predicted octanol–water partition coefficient (Wildman–Crippen LogP) is 3.63. The minimum Gasteiger partial charge on any atom is -0.492 e. The third-order valence-electron chi connectivity index (χ3n) is 2.06. The van der Waals surface area contributed by atoms with E-state index in [2.05, 4.69) is 6.92 Å². The van der Waals surface area contributed by atoms with E-state index in [4.69, 9.17) is 22.1 Å². The number of hydrogen-bond donors (Lipinski definition) is 1. The van der Waals surface area contributed by atoms with E-state index in [1.54, 1.807) is 0 Å². The number of nitrogen functional groups attached to an aromatic ring is 1. The highest BCUT2D eigenvalue weighted by molar-refractivity contribution is 6.32. The summed E-state index contributed by atoms with van der Waals surface area (Å²) < 4.78 is 18.3. The molecule has 1 aromatic carbocycles. The molecule has 0 fully saturated rings. The van der Waals surface area contributed by atoms with Crippen molar-refractivity contribution in [3.8, 4) is 5.75 Å². The monoisotopic (exact) mass is 231 g/mol. The fraction of sp³-hybridized carbons (Fsp3) is 0.455. The van der Waals surface area contributed by atoms with Gasteiger partial charge in [-0.3, -0.25) is 0 Å². The van der Waals surface area contributed by atoms with Crippen LogP contribution in [0.25, 0.3) is 0 Å². The Morgan fingerprint density at radius 1 is 1.40 bits per heavy atom. The zero-order chi connectivity index (χ0) is 11.3. The van der Waals surface area contributed by atoms with Gasteiger partial charge in [-0.25, -0.2) is 4.39 Å². The molecule has 1 aromatic rings. The predicted molar refractivity (Wildman–Crippen MR) is 60.8 cm³/mol. The molecule has 0 amide bonds. The highest BCUT2D eigenvalue weighted by Crippen LogP contribution is 2.29. The Labute approximate surface area is 94.2 Å². The Bertz CT molecular complexity index is 331. The van der Waals surface area contributed by atoms with Gasteiger partial charge >= 0.3 is 0 Å². The largest absolute Gasteiger partial charge is 0.492 e. The second-order valence-corrected chi connectivity index (χ2v) is 3.77. The van der Waals surface area contributed by atoms with Gasteiger partial charge in [-0.15, -0.1) is 0 Å². The van der Waals surface area contributed by atoms with Crippen LogP contribution in [0.1, 0.15) is 26.2 Å². The van der Waals surface area contributed by atoms with Crippen LogP contribution in [0.2, 0.25) is 5.02 Å². The molecule has 0 atom stereocenters. The smallest absolute Gasteiger partial charge is 0.147 e. The number of anilines is 1. The topological polar surface area (TPSA) is 35.2 Å². The summed E-state index contributed by atoms with van der Waals surface area (Å²) in [4.78, 5) is 0. The van der Waals surface area contributed by atoms with Gasteiger partial charge in [-0.05, 0) is 12.5 Å². The zero-order valence-electron chi connectivity index (χ0n) is 8.72. The molecule has 0 aromatic heterocycles. The number of benzene rings is 1. The van der Waals surface area contributed by atoms with E-state index in [0.29, 0.717) is 12.4 Å². The molecule has 0 unspecified atom stereocenters. The lowest BCUT2D eigenvalue weighted by atomic mass is 10.2. The van der Waals surface area contributed by atoms with Gasteiger partial charge in [0.1, 0.15) is 11.6 Å². The maximum absolute atomic E-state index is 12.9. The van der Waals surface area contributed by atoms with Crippen LogP contribution in [0.5, 0.6) is 5.75 Å². The first kappa shape index (κ1) is 12.1. The van der Waals surface area contributed by atoms with Crippen molar-refractivity contribution in [2.24, 2.45) is 0 Å². The fourth-order valence-electron chi connectivity index (χ4n) is 1.19. The lowest BCUT2D eigenvalue weighted by Gasteiger charge is -2.08. The van der Waals surface area contributed by atoms with Crippen LogP contribution in [0.4, 0.5) is 10.1 Å². The van der Waals surface area contributed by atoms with Gasteiger partial charge in [0.2, 0.25) is 0 Å². The van der Waals surface area contributed by atoms with Crippen LogP contribution in [0, 0.1) is 5.82 Å². The molecule has 0 spiro atoms. The summed E-state index contributed by atoms with van der Waals surface area (Å²) in [5.41, 5.74) is 5.47. The SMILES string of the molecule is CCCCCOc1cc(N)c(F)cc1Cl. The second kappa shape index (κ2) is 5.81. The summed E-state index contributed by atoms with van der Waals surface area (Å²) in [5, 5.41) is 0.262. The molecule has 2 N–H and O–H groups in total. The second-order valence-electron chi connectivity index (χ2n) is 3.36. The van der Waals surface area contributed by atoms with Crippen LogP contribution in [-0.2, 0) is 0 Å². The molecule has 0 bridgehead atoms. The van der Waals surface area contributed by atoms with Crippen molar-refractivity contribution >= 4 is 17.3 Å². The summed E-state index contributed by atoms with van der Waals surface area (Å²) in [6.45, 7) is 2.70. The van der Waals surface area contributed by atoms with Crippen molar-refractivity contribution in [1.82, 2.24) is 0 Å². The summed E-state index contributed by atoms with van der Waals surface area (Å²) >= 11 is 5.79. The minimum atomic E-state index is -0.513. The lowest BCUT2D eigenvalue weighted by molar-refractivity contribution is 0.306. The minimum absolute atomic E-state index is 0.0601. The number of unbranched alkanes of at least 4 members (excludes halogenated alkanes) is 2. The van der Waals surface area contributed by atoms with Crippen LogP contribution >= 0.6 is 11.6 Å². The van der Waals surface area contributed by atoms with Crippen molar-refractivity contribution in [1.29, 1.82) is 0 Å². The quantitative estimate of drug-likeness (QED) is 0.620. The van der Waals surface area contributed by atoms with Crippen LogP contribution in [0.3, 0.4) is 0 Å². The Hall–Kier alpha value is -0.960. The van der Waals surface area contributed by atoms with Crippen LogP contribution in [0.15, 0.2) is 12.1 Å². The van der Waals surface area contributed by atoms with Crippen molar-refractivity contribution in [3.05, 3.63) is 23.0 Å². The van der Waals surface area contributed by atoms with Crippen molar-refractivity contribution in [2.75, 3.05) is 12.3 Å². The van der Waals surface area contributed by atoms with Crippen LogP contribution in [-0.4, -0.2) is 6.61 Å². The fourth-order valence-corrected chi connectivity index (χ4v) is 1.39. The highest BCUT2D eigenvalue weighted by Gasteiger charge is 2.06. The molecule has 84 valence electrons. The van der Waals surface area contributed by atoms with Crippen molar-refractivity contribution in [2.45, 2.75) is 26.2 Å². The number of halogens is 2. The Kier molecular flexibility index (Phi) is 4.69. The summed E-state index contributed by atoms with van der Waals surface area (Å²) in [6, 6.07) is 2.59. The zero-order valence-corrected chi connectivity index (χ0v) is 9.48. The molecule has 0 radical (unpaired) electrons.